The van der Waals surface area contributed by atoms with Gasteiger partial charge >= 0.3 is 0 Å². The first-order valence-corrected chi connectivity index (χ1v) is 7.80. The molecule has 0 bridgehead atoms. The number of thiophene rings is 1. The predicted molar refractivity (Wildman–Crippen MR) is 85.0 cm³/mol. The number of hydrogen-bond acceptors (Lipinski definition) is 5. The van der Waals surface area contributed by atoms with Gasteiger partial charge in [0, 0.05) is 22.5 Å². The van der Waals surface area contributed by atoms with Crippen molar-refractivity contribution in [1.29, 1.82) is 0 Å². The largest absolute Gasteiger partial charge is 0.362 e. The summed E-state index contributed by atoms with van der Waals surface area (Å²) in [7, 11) is 0. The third kappa shape index (κ3) is 3.67. The summed E-state index contributed by atoms with van der Waals surface area (Å²) in [6.45, 7) is 7.08. The van der Waals surface area contributed by atoms with Gasteiger partial charge in [-0.3, -0.25) is 0 Å². The lowest BCUT2D eigenvalue weighted by molar-refractivity contribution is 0.890. The maximum Gasteiger partial charge on any atom is 0.224 e. The molecule has 0 fully saturated rings. The van der Waals surface area contributed by atoms with E-state index in [9.17, 15) is 0 Å². The lowest BCUT2D eigenvalue weighted by Crippen LogP contribution is -2.09. The van der Waals surface area contributed by atoms with Crippen molar-refractivity contribution in [3.05, 3.63) is 32.6 Å². The normalized spacial score (nSPS) is 12.2. The first-order valence-electron chi connectivity index (χ1n) is 6.19. The highest BCUT2D eigenvalue weighted by Gasteiger charge is 2.11. The maximum atomic E-state index is 4.46. The van der Waals surface area contributed by atoms with Crippen LogP contribution in [0.1, 0.15) is 29.6 Å². The van der Waals surface area contributed by atoms with E-state index in [1.165, 1.54) is 9.75 Å². The molecule has 2 aromatic rings. The second kappa shape index (κ2) is 6.34. The number of rotatable bonds is 5. The van der Waals surface area contributed by atoms with E-state index in [-0.39, 0.29) is 6.04 Å². The Morgan fingerprint density at radius 2 is 2.21 bits per heavy atom. The SMILES string of the molecule is CCNc1ncc(Br)c(NC(C)c2ccc(C)s2)n1. The van der Waals surface area contributed by atoms with Gasteiger partial charge in [-0.25, -0.2) is 4.98 Å². The molecular weight excluding hydrogens is 324 g/mol. The number of halogens is 1. The standard InChI is InChI=1S/C13H17BrN4S/c1-4-15-13-16-7-10(14)12(18-13)17-9(3)11-6-5-8(2)19-11/h5-7,9H,4H2,1-3H3,(H2,15,16,17,18). The molecule has 6 heteroatoms. The van der Waals surface area contributed by atoms with Crippen LogP contribution in [-0.2, 0) is 0 Å². The summed E-state index contributed by atoms with van der Waals surface area (Å²) in [5, 5.41) is 6.52. The summed E-state index contributed by atoms with van der Waals surface area (Å²) in [5.41, 5.74) is 0. The molecule has 0 radical (unpaired) electrons. The quantitative estimate of drug-likeness (QED) is 0.855. The van der Waals surface area contributed by atoms with E-state index < -0.39 is 0 Å². The van der Waals surface area contributed by atoms with Crippen LogP contribution in [0.5, 0.6) is 0 Å². The second-order valence-electron chi connectivity index (χ2n) is 4.23. The van der Waals surface area contributed by atoms with Crippen LogP contribution in [0, 0.1) is 6.92 Å². The Kier molecular flexibility index (Phi) is 4.76. The molecule has 4 nitrogen and oxygen atoms in total. The molecule has 0 saturated heterocycles. The van der Waals surface area contributed by atoms with Crippen LogP contribution >= 0.6 is 27.3 Å². The van der Waals surface area contributed by atoms with Crippen LogP contribution in [0.2, 0.25) is 0 Å². The van der Waals surface area contributed by atoms with E-state index in [1.807, 2.05) is 6.92 Å². The fraction of sp³-hybridized carbons (Fsp3) is 0.385. The summed E-state index contributed by atoms with van der Waals surface area (Å²) in [4.78, 5) is 11.3. The van der Waals surface area contributed by atoms with Gasteiger partial charge in [0.1, 0.15) is 5.82 Å². The number of nitrogens with one attached hydrogen (secondary N) is 2. The minimum Gasteiger partial charge on any atom is -0.362 e. The highest BCUT2D eigenvalue weighted by atomic mass is 79.9. The van der Waals surface area contributed by atoms with E-state index in [0.29, 0.717) is 5.95 Å². The van der Waals surface area contributed by atoms with Crippen molar-refractivity contribution in [1.82, 2.24) is 9.97 Å². The Hall–Kier alpha value is -1.14. The van der Waals surface area contributed by atoms with E-state index in [1.54, 1.807) is 17.5 Å². The summed E-state index contributed by atoms with van der Waals surface area (Å²) < 4.78 is 0.870. The van der Waals surface area contributed by atoms with E-state index in [4.69, 9.17) is 0 Å². The molecule has 0 saturated carbocycles. The summed E-state index contributed by atoms with van der Waals surface area (Å²) in [6.07, 6.45) is 1.76. The van der Waals surface area contributed by atoms with Gasteiger partial charge in [-0.05, 0) is 48.8 Å². The smallest absolute Gasteiger partial charge is 0.224 e. The number of hydrogen-bond donors (Lipinski definition) is 2. The van der Waals surface area contributed by atoms with Crippen LogP contribution < -0.4 is 10.6 Å². The van der Waals surface area contributed by atoms with Gasteiger partial charge < -0.3 is 10.6 Å². The average molecular weight is 341 g/mol. The van der Waals surface area contributed by atoms with Crippen LogP contribution in [0.15, 0.2) is 22.8 Å². The third-order valence-corrected chi connectivity index (χ3v) is 4.38. The van der Waals surface area contributed by atoms with Crippen molar-refractivity contribution >= 4 is 39.0 Å². The summed E-state index contributed by atoms with van der Waals surface area (Å²) in [6, 6.07) is 4.51. The molecule has 0 spiro atoms. The molecule has 0 aliphatic heterocycles. The van der Waals surface area contributed by atoms with Crippen LogP contribution in [0.3, 0.4) is 0 Å². The Bertz CT molecular complexity index is 555. The third-order valence-electron chi connectivity index (χ3n) is 2.62. The molecule has 2 rings (SSSR count). The fourth-order valence-electron chi connectivity index (χ4n) is 1.67. The number of anilines is 2. The summed E-state index contributed by atoms with van der Waals surface area (Å²) >= 11 is 5.27. The number of nitrogens with zero attached hydrogens (tertiary/aromatic N) is 2. The van der Waals surface area contributed by atoms with Crippen LogP contribution in [0.4, 0.5) is 11.8 Å². The van der Waals surface area contributed by atoms with Gasteiger partial charge in [0.15, 0.2) is 0 Å². The van der Waals surface area contributed by atoms with Crippen LogP contribution in [0.25, 0.3) is 0 Å². The molecule has 0 amide bonds. The topological polar surface area (TPSA) is 49.8 Å². The van der Waals surface area contributed by atoms with E-state index in [2.05, 4.69) is 62.5 Å². The molecule has 2 aromatic heterocycles. The monoisotopic (exact) mass is 340 g/mol. The van der Waals surface area contributed by atoms with Gasteiger partial charge in [0.05, 0.1) is 10.5 Å². The van der Waals surface area contributed by atoms with Gasteiger partial charge in [0.2, 0.25) is 5.95 Å². The summed E-state index contributed by atoms with van der Waals surface area (Å²) in [5.74, 6) is 1.45. The highest BCUT2D eigenvalue weighted by Crippen LogP contribution is 2.28. The molecule has 1 unspecified atom stereocenters. The van der Waals surface area contributed by atoms with Gasteiger partial charge in [-0.15, -0.1) is 11.3 Å². The predicted octanol–water partition coefficient (Wildman–Crippen LogP) is 4.21. The first kappa shape index (κ1) is 14.3. The molecule has 19 heavy (non-hydrogen) atoms. The van der Waals surface area contributed by atoms with Crippen molar-refractivity contribution < 1.29 is 0 Å². The Morgan fingerprint density at radius 3 is 2.84 bits per heavy atom. The molecule has 102 valence electrons. The Balaban J connectivity index is 2.15. The number of aromatic nitrogens is 2. The molecule has 2 heterocycles. The first-order chi connectivity index (χ1) is 9.10. The van der Waals surface area contributed by atoms with E-state index in [0.717, 1.165) is 16.8 Å². The average Bonchev–Trinajstić information content (AvgIpc) is 2.80. The van der Waals surface area contributed by atoms with Crippen molar-refractivity contribution in [3.8, 4) is 0 Å². The second-order valence-corrected chi connectivity index (χ2v) is 6.41. The number of aryl methyl sites for hydroxylation is 1. The van der Waals surface area contributed by atoms with Crippen LogP contribution in [-0.4, -0.2) is 16.5 Å². The maximum absolute atomic E-state index is 4.46. The molecule has 0 aromatic carbocycles. The highest BCUT2D eigenvalue weighted by molar-refractivity contribution is 9.10. The fourth-order valence-corrected chi connectivity index (χ4v) is 2.86. The molecule has 1 atom stereocenters. The lowest BCUT2D eigenvalue weighted by atomic mass is 10.2. The minimum atomic E-state index is 0.222. The Labute approximate surface area is 125 Å². The zero-order chi connectivity index (χ0) is 13.8. The Morgan fingerprint density at radius 1 is 1.42 bits per heavy atom. The zero-order valence-electron chi connectivity index (χ0n) is 11.2. The van der Waals surface area contributed by atoms with Crippen molar-refractivity contribution in [2.75, 3.05) is 17.2 Å². The molecule has 0 aliphatic rings. The van der Waals surface area contributed by atoms with E-state index >= 15 is 0 Å². The molecule has 0 aliphatic carbocycles. The van der Waals surface area contributed by atoms with Gasteiger partial charge in [-0.2, -0.15) is 4.98 Å². The minimum absolute atomic E-state index is 0.222. The molecule has 2 N–H and O–H groups in total. The lowest BCUT2D eigenvalue weighted by Gasteiger charge is -2.14. The van der Waals surface area contributed by atoms with Crippen molar-refractivity contribution in [2.24, 2.45) is 0 Å². The zero-order valence-corrected chi connectivity index (χ0v) is 13.6. The van der Waals surface area contributed by atoms with Crippen molar-refractivity contribution in [2.45, 2.75) is 26.8 Å². The molecular formula is C13H17BrN4S. The van der Waals surface area contributed by atoms with Gasteiger partial charge in [0.25, 0.3) is 0 Å². The van der Waals surface area contributed by atoms with Crippen molar-refractivity contribution in [3.63, 3.8) is 0 Å². The van der Waals surface area contributed by atoms with Gasteiger partial charge in [-0.1, -0.05) is 0 Å².